The van der Waals surface area contributed by atoms with E-state index in [1.807, 2.05) is 6.07 Å². The van der Waals surface area contributed by atoms with Crippen LogP contribution in [-0.4, -0.2) is 14.5 Å². The molecule has 1 aliphatic carbocycles. The van der Waals surface area contributed by atoms with Gasteiger partial charge in [0, 0.05) is 11.7 Å². The van der Waals surface area contributed by atoms with E-state index in [0.29, 0.717) is 5.02 Å². The zero-order chi connectivity index (χ0) is 12.0. The number of aromatic nitrogens is 3. The van der Waals surface area contributed by atoms with E-state index in [-0.39, 0.29) is 5.54 Å². The third-order valence-electron chi connectivity index (χ3n) is 3.71. The molecular weight excluding hydrogens is 254 g/mol. The predicted octanol–water partition coefficient (Wildman–Crippen LogP) is 4.04. The van der Waals surface area contributed by atoms with E-state index in [2.05, 4.69) is 21.5 Å². The molecule has 90 valence electrons. The molecule has 5 heteroatoms. The third kappa shape index (κ3) is 1.70. The van der Waals surface area contributed by atoms with Gasteiger partial charge in [0.25, 0.3) is 0 Å². The topological polar surface area (TPSA) is 33.6 Å². The van der Waals surface area contributed by atoms with Crippen molar-refractivity contribution in [3.05, 3.63) is 22.1 Å². The summed E-state index contributed by atoms with van der Waals surface area (Å²) < 4.78 is 2.92. The Morgan fingerprint density at radius 1 is 1.47 bits per heavy atom. The highest BCUT2D eigenvalue weighted by molar-refractivity contribution is 7.71. The minimum atomic E-state index is 0.107. The standard InChI is InChI=1S/C12H14ClN3S/c1-12(4-2-3-5-12)16-10-9(15-11(16)17)6-8(13)7-14-10/h6-7H,2-5H2,1H3,(H,15,17). The maximum absolute atomic E-state index is 5.95. The van der Waals surface area contributed by atoms with Gasteiger partial charge in [0.15, 0.2) is 10.4 Å². The highest BCUT2D eigenvalue weighted by Gasteiger charge is 2.32. The predicted molar refractivity (Wildman–Crippen MR) is 72.0 cm³/mol. The van der Waals surface area contributed by atoms with E-state index in [0.717, 1.165) is 15.9 Å². The van der Waals surface area contributed by atoms with Crippen molar-refractivity contribution >= 4 is 35.0 Å². The van der Waals surface area contributed by atoms with E-state index < -0.39 is 0 Å². The Morgan fingerprint density at radius 2 is 2.18 bits per heavy atom. The number of halogens is 1. The van der Waals surface area contributed by atoms with E-state index in [9.17, 15) is 0 Å². The molecule has 2 aromatic rings. The highest BCUT2D eigenvalue weighted by atomic mass is 35.5. The van der Waals surface area contributed by atoms with E-state index >= 15 is 0 Å². The maximum atomic E-state index is 5.95. The Kier molecular flexibility index (Phi) is 2.52. The first-order valence-corrected chi connectivity index (χ1v) is 6.66. The molecule has 3 nitrogen and oxygen atoms in total. The lowest BCUT2D eigenvalue weighted by Gasteiger charge is -2.25. The quantitative estimate of drug-likeness (QED) is 0.792. The van der Waals surface area contributed by atoms with E-state index in [1.54, 1.807) is 6.20 Å². The van der Waals surface area contributed by atoms with Crippen LogP contribution in [0.5, 0.6) is 0 Å². The summed E-state index contributed by atoms with van der Waals surface area (Å²) in [6.07, 6.45) is 6.54. The average Bonchev–Trinajstić information content (AvgIpc) is 2.81. The number of nitrogens with one attached hydrogen (secondary N) is 1. The monoisotopic (exact) mass is 267 g/mol. The second-order valence-corrected chi connectivity index (χ2v) is 5.82. The lowest BCUT2D eigenvalue weighted by Crippen LogP contribution is -2.26. The smallest absolute Gasteiger partial charge is 0.179 e. The van der Waals surface area contributed by atoms with Gasteiger partial charge in [0.1, 0.15) is 0 Å². The summed E-state index contributed by atoms with van der Waals surface area (Å²) in [6, 6.07) is 1.88. The zero-order valence-electron chi connectivity index (χ0n) is 9.66. The molecule has 0 radical (unpaired) electrons. The Balaban J connectivity index is 2.29. The molecule has 0 bridgehead atoms. The van der Waals surface area contributed by atoms with Crippen molar-refractivity contribution in [3.63, 3.8) is 0 Å². The summed E-state index contributed by atoms with van der Waals surface area (Å²) in [7, 11) is 0. The lowest BCUT2D eigenvalue weighted by molar-refractivity contribution is 0.333. The van der Waals surface area contributed by atoms with Crippen LogP contribution in [0.15, 0.2) is 12.3 Å². The molecule has 2 aromatic heterocycles. The van der Waals surface area contributed by atoms with Gasteiger partial charge < -0.3 is 4.98 Å². The first-order chi connectivity index (χ1) is 8.10. The minimum absolute atomic E-state index is 0.107. The Labute approximate surface area is 110 Å². The maximum Gasteiger partial charge on any atom is 0.179 e. The second-order valence-electron chi connectivity index (χ2n) is 4.99. The van der Waals surface area contributed by atoms with Gasteiger partial charge in [-0.05, 0) is 38.0 Å². The van der Waals surface area contributed by atoms with Crippen LogP contribution in [0, 0.1) is 4.77 Å². The fourth-order valence-corrected chi connectivity index (χ4v) is 3.41. The summed E-state index contributed by atoms with van der Waals surface area (Å²) in [5.74, 6) is 0. The minimum Gasteiger partial charge on any atom is -0.329 e. The SMILES string of the molecule is CC1(n2c(=S)[nH]c3cc(Cl)cnc32)CCCC1. The van der Waals surface area contributed by atoms with Crippen molar-refractivity contribution in [2.45, 2.75) is 38.1 Å². The van der Waals surface area contributed by atoms with Crippen molar-refractivity contribution < 1.29 is 0 Å². The van der Waals surface area contributed by atoms with Crippen LogP contribution in [0.1, 0.15) is 32.6 Å². The van der Waals surface area contributed by atoms with Crippen LogP contribution in [0.4, 0.5) is 0 Å². The average molecular weight is 268 g/mol. The number of hydrogen-bond donors (Lipinski definition) is 1. The largest absolute Gasteiger partial charge is 0.329 e. The number of fused-ring (bicyclic) bond motifs is 1. The summed E-state index contributed by atoms with van der Waals surface area (Å²) >= 11 is 11.4. The van der Waals surface area contributed by atoms with Crippen LogP contribution >= 0.6 is 23.8 Å². The Morgan fingerprint density at radius 3 is 2.88 bits per heavy atom. The molecular formula is C12H14ClN3S. The Bertz CT molecular complexity index is 622. The molecule has 2 heterocycles. The lowest BCUT2D eigenvalue weighted by atomic mass is 10.0. The molecule has 0 aliphatic heterocycles. The first-order valence-electron chi connectivity index (χ1n) is 5.87. The van der Waals surface area contributed by atoms with Gasteiger partial charge >= 0.3 is 0 Å². The van der Waals surface area contributed by atoms with Crippen LogP contribution in [0.25, 0.3) is 11.2 Å². The number of imidazole rings is 1. The summed E-state index contributed by atoms with van der Waals surface area (Å²) in [5, 5.41) is 0.637. The van der Waals surface area contributed by atoms with Crippen molar-refractivity contribution in [1.82, 2.24) is 14.5 Å². The van der Waals surface area contributed by atoms with Gasteiger partial charge in [0.05, 0.1) is 10.5 Å². The normalized spacial score (nSPS) is 18.9. The summed E-state index contributed by atoms with van der Waals surface area (Å²) in [5.41, 5.74) is 1.95. The number of nitrogens with zero attached hydrogens (tertiary/aromatic N) is 2. The van der Waals surface area contributed by atoms with Crippen molar-refractivity contribution in [2.75, 3.05) is 0 Å². The van der Waals surface area contributed by atoms with Gasteiger partial charge in [-0.25, -0.2) is 4.98 Å². The molecule has 1 saturated carbocycles. The number of H-pyrrole nitrogens is 1. The molecule has 0 aromatic carbocycles. The van der Waals surface area contributed by atoms with Crippen molar-refractivity contribution in [3.8, 4) is 0 Å². The molecule has 0 amide bonds. The summed E-state index contributed by atoms with van der Waals surface area (Å²) in [4.78, 5) is 7.63. The third-order valence-corrected chi connectivity index (χ3v) is 4.20. The van der Waals surface area contributed by atoms with Gasteiger partial charge in [-0.15, -0.1) is 0 Å². The number of pyridine rings is 1. The van der Waals surface area contributed by atoms with Crippen LogP contribution < -0.4 is 0 Å². The number of hydrogen-bond acceptors (Lipinski definition) is 2. The summed E-state index contributed by atoms with van der Waals surface area (Å²) in [6.45, 7) is 2.26. The van der Waals surface area contributed by atoms with Crippen molar-refractivity contribution in [2.24, 2.45) is 0 Å². The highest BCUT2D eigenvalue weighted by Crippen LogP contribution is 2.38. The van der Waals surface area contributed by atoms with E-state index in [4.69, 9.17) is 23.8 Å². The van der Waals surface area contributed by atoms with E-state index in [1.165, 1.54) is 25.7 Å². The zero-order valence-corrected chi connectivity index (χ0v) is 11.2. The fraction of sp³-hybridized carbons (Fsp3) is 0.500. The van der Waals surface area contributed by atoms with Gasteiger partial charge in [-0.2, -0.15) is 0 Å². The molecule has 3 rings (SSSR count). The van der Waals surface area contributed by atoms with Gasteiger partial charge in [0.2, 0.25) is 0 Å². The molecule has 1 aliphatic rings. The molecule has 1 N–H and O–H groups in total. The van der Waals surface area contributed by atoms with Crippen molar-refractivity contribution in [1.29, 1.82) is 0 Å². The molecule has 17 heavy (non-hydrogen) atoms. The van der Waals surface area contributed by atoms with Crippen LogP contribution in [0.2, 0.25) is 5.02 Å². The number of rotatable bonds is 1. The Hall–Kier alpha value is -0.870. The van der Waals surface area contributed by atoms with Crippen LogP contribution in [0.3, 0.4) is 0 Å². The molecule has 0 unspecified atom stereocenters. The molecule has 0 spiro atoms. The van der Waals surface area contributed by atoms with Gasteiger partial charge in [-0.3, -0.25) is 4.57 Å². The molecule has 0 saturated heterocycles. The van der Waals surface area contributed by atoms with Gasteiger partial charge in [-0.1, -0.05) is 24.4 Å². The van der Waals surface area contributed by atoms with Crippen LogP contribution in [-0.2, 0) is 5.54 Å². The number of aromatic amines is 1. The molecule has 0 atom stereocenters. The second kappa shape index (κ2) is 3.82. The fourth-order valence-electron chi connectivity index (χ4n) is 2.83. The molecule has 1 fully saturated rings. The first kappa shape index (κ1) is 11.2.